The molecule has 19 heavy (non-hydrogen) atoms. The zero-order valence-corrected chi connectivity index (χ0v) is 10.9. The Morgan fingerprint density at radius 1 is 1.21 bits per heavy atom. The third kappa shape index (κ3) is 4.40. The molecule has 1 amide bonds. The van der Waals surface area contributed by atoms with Crippen LogP contribution in [0.5, 0.6) is 0 Å². The fourth-order valence-electron chi connectivity index (χ4n) is 2.32. The smallest absolute Gasteiger partial charge is 0.223 e. The van der Waals surface area contributed by atoms with Crippen LogP contribution in [0.15, 0.2) is 24.3 Å². The zero-order valence-electron chi connectivity index (χ0n) is 10.9. The number of carbonyl (C=O) groups is 1. The van der Waals surface area contributed by atoms with Gasteiger partial charge in [0.2, 0.25) is 5.91 Å². The van der Waals surface area contributed by atoms with Gasteiger partial charge in [0, 0.05) is 11.5 Å². The lowest BCUT2D eigenvalue weighted by molar-refractivity contribution is -0.125. The van der Waals surface area contributed by atoms with E-state index in [0.717, 1.165) is 31.2 Å². The normalized spacial score (nSPS) is 15.4. The van der Waals surface area contributed by atoms with E-state index < -0.39 is 0 Å². The number of amides is 1. The van der Waals surface area contributed by atoms with Crippen LogP contribution in [0.3, 0.4) is 0 Å². The minimum absolute atomic E-state index is 0.119. The topological polar surface area (TPSA) is 29.1 Å². The van der Waals surface area contributed by atoms with Gasteiger partial charge in [0.05, 0.1) is 6.54 Å². The van der Waals surface area contributed by atoms with E-state index in [4.69, 9.17) is 0 Å². The summed E-state index contributed by atoms with van der Waals surface area (Å²) < 4.78 is 12.7. The maximum absolute atomic E-state index is 12.7. The molecule has 0 radical (unpaired) electrons. The van der Waals surface area contributed by atoms with Gasteiger partial charge < -0.3 is 5.32 Å². The summed E-state index contributed by atoms with van der Waals surface area (Å²) >= 11 is 0. The van der Waals surface area contributed by atoms with Crippen molar-refractivity contribution in [2.24, 2.45) is 5.92 Å². The van der Waals surface area contributed by atoms with Gasteiger partial charge in [0.25, 0.3) is 0 Å². The number of hydrogen-bond donors (Lipinski definition) is 1. The van der Waals surface area contributed by atoms with Gasteiger partial charge >= 0.3 is 0 Å². The summed E-state index contributed by atoms with van der Waals surface area (Å²) in [6.07, 6.45) is 5.54. The van der Waals surface area contributed by atoms with Gasteiger partial charge in [-0.3, -0.25) is 4.79 Å². The molecule has 1 aromatic carbocycles. The van der Waals surface area contributed by atoms with Crippen LogP contribution in [-0.2, 0) is 4.79 Å². The Balaban J connectivity index is 1.77. The average molecular weight is 259 g/mol. The predicted molar refractivity (Wildman–Crippen MR) is 72.9 cm³/mol. The van der Waals surface area contributed by atoms with Crippen molar-refractivity contribution in [2.45, 2.75) is 32.1 Å². The summed E-state index contributed by atoms with van der Waals surface area (Å²) in [4.78, 5) is 11.8. The standard InChI is InChI=1S/C16H18FNO/c17-15-10-8-13(9-11-15)5-4-12-18-16(19)14-6-2-1-3-7-14/h8-11,14H,1-3,6-7,12H2,(H,18,19). The molecule has 100 valence electrons. The van der Waals surface area contributed by atoms with Gasteiger partial charge in [-0.05, 0) is 37.1 Å². The summed E-state index contributed by atoms with van der Waals surface area (Å²) in [6, 6.07) is 6.02. The number of nitrogens with one attached hydrogen (secondary N) is 1. The molecule has 1 fully saturated rings. The lowest BCUT2D eigenvalue weighted by Gasteiger charge is -2.19. The molecule has 0 heterocycles. The van der Waals surface area contributed by atoms with E-state index in [9.17, 15) is 9.18 Å². The number of rotatable bonds is 2. The molecule has 0 aromatic heterocycles. The van der Waals surface area contributed by atoms with Gasteiger partial charge in [-0.25, -0.2) is 4.39 Å². The highest BCUT2D eigenvalue weighted by atomic mass is 19.1. The molecule has 0 aliphatic heterocycles. The van der Waals surface area contributed by atoms with E-state index in [0.29, 0.717) is 6.54 Å². The van der Waals surface area contributed by atoms with Crippen LogP contribution in [0.1, 0.15) is 37.7 Å². The van der Waals surface area contributed by atoms with Gasteiger partial charge in [-0.2, -0.15) is 0 Å². The molecule has 2 nitrogen and oxygen atoms in total. The molecule has 0 bridgehead atoms. The van der Waals surface area contributed by atoms with E-state index in [2.05, 4.69) is 17.2 Å². The Morgan fingerprint density at radius 3 is 2.58 bits per heavy atom. The maximum atomic E-state index is 12.7. The van der Waals surface area contributed by atoms with Crippen LogP contribution in [0, 0.1) is 23.6 Å². The van der Waals surface area contributed by atoms with Crippen molar-refractivity contribution in [3.05, 3.63) is 35.6 Å². The molecule has 2 rings (SSSR count). The molecule has 1 N–H and O–H groups in total. The summed E-state index contributed by atoms with van der Waals surface area (Å²) in [5.41, 5.74) is 0.758. The van der Waals surface area contributed by atoms with Crippen LogP contribution in [0.2, 0.25) is 0 Å². The molecule has 0 saturated heterocycles. The van der Waals surface area contributed by atoms with E-state index in [1.54, 1.807) is 12.1 Å². The van der Waals surface area contributed by atoms with Gasteiger partial charge in [0.1, 0.15) is 5.82 Å². The van der Waals surface area contributed by atoms with Crippen molar-refractivity contribution < 1.29 is 9.18 Å². The Hall–Kier alpha value is -1.82. The maximum Gasteiger partial charge on any atom is 0.223 e. The highest BCUT2D eigenvalue weighted by Gasteiger charge is 2.19. The van der Waals surface area contributed by atoms with Crippen molar-refractivity contribution in [3.63, 3.8) is 0 Å². The highest BCUT2D eigenvalue weighted by molar-refractivity contribution is 5.78. The Kier molecular flexibility index (Phi) is 4.97. The zero-order chi connectivity index (χ0) is 13.5. The van der Waals surface area contributed by atoms with Crippen LogP contribution in [0.25, 0.3) is 0 Å². The first-order chi connectivity index (χ1) is 9.25. The van der Waals surface area contributed by atoms with Crippen molar-refractivity contribution in [1.82, 2.24) is 5.32 Å². The summed E-state index contributed by atoms with van der Waals surface area (Å²) in [5, 5.41) is 2.85. The Labute approximate surface area is 113 Å². The SMILES string of the molecule is O=C(NCC#Cc1ccc(F)cc1)C1CCCCC1. The van der Waals surface area contributed by atoms with Gasteiger partial charge in [0.15, 0.2) is 0 Å². The molecule has 3 heteroatoms. The van der Waals surface area contributed by atoms with Crippen molar-refractivity contribution in [2.75, 3.05) is 6.54 Å². The van der Waals surface area contributed by atoms with Crippen molar-refractivity contribution >= 4 is 5.91 Å². The fourth-order valence-corrected chi connectivity index (χ4v) is 2.32. The lowest BCUT2D eigenvalue weighted by atomic mass is 9.89. The third-order valence-corrected chi connectivity index (χ3v) is 3.40. The van der Waals surface area contributed by atoms with Crippen LogP contribution in [-0.4, -0.2) is 12.5 Å². The number of benzene rings is 1. The van der Waals surface area contributed by atoms with E-state index in [1.165, 1.54) is 18.6 Å². The van der Waals surface area contributed by atoms with Crippen LogP contribution < -0.4 is 5.32 Å². The van der Waals surface area contributed by atoms with E-state index >= 15 is 0 Å². The molecule has 1 aliphatic rings. The quantitative estimate of drug-likeness (QED) is 0.813. The number of halogens is 1. The number of hydrogen-bond acceptors (Lipinski definition) is 1. The fraction of sp³-hybridized carbons (Fsp3) is 0.438. The average Bonchev–Trinajstić information content (AvgIpc) is 2.46. The van der Waals surface area contributed by atoms with Crippen LogP contribution in [0.4, 0.5) is 4.39 Å². The highest BCUT2D eigenvalue weighted by Crippen LogP contribution is 2.23. The van der Waals surface area contributed by atoms with E-state index in [-0.39, 0.29) is 17.6 Å². The second kappa shape index (κ2) is 6.94. The summed E-state index contributed by atoms with van der Waals surface area (Å²) in [5.74, 6) is 5.80. The molecule has 1 saturated carbocycles. The number of carbonyl (C=O) groups excluding carboxylic acids is 1. The first-order valence-corrected chi connectivity index (χ1v) is 6.78. The van der Waals surface area contributed by atoms with Crippen molar-refractivity contribution in [3.8, 4) is 11.8 Å². The predicted octanol–water partition coefficient (Wildman–Crippen LogP) is 2.87. The summed E-state index contributed by atoms with van der Waals surface area (Å²) in [7, 11) is 0. The molecule has 1 aliphatic carbocycles. The molecular weight excluding hydrogens is 241 g/mol. The Bertz CT molecular complexity index is 478. The van der Waals surface area contributed by atoms with Gasteiger partial charge in [-0.15, -0.1) is 0 Å². The van der Waals surface area contributed by atoms with E-state index in [1.807, 2.05) is 0 Å². The van der Waals surface area contributed by atoms with Crippen LogP contribution >= 0.6 is 0 Å². The second-order valence-corrected chi connectivity index (χ2v) is 4.86. The first kappa shape index (κ1) is 13.6. The molecule has 0 unspecified atom stereocenters. The first-order valence-electron chi connectivity index (χ1n) is 6.78. The lowest BCUT2D eigenvalue weighted by Crippen LogP contribution is -2.32. The summed E-state index contributed by atoms with van der Waals surface area (Å²) in [6.45, 7) is 0.354. The molecule has 0 spiro atoms. The monoisotopic (exact) mass is 259 g/mol. The minimum Gasteiger partial charge on any atom is -0.345 e. The molecule has 1 aromatic rings. The third-order valence-electron chi connectivity index (χ3n) is 3.40. The second-order valence-electron chi connectivity index (χ2n) is 4.86. The molecule has 0 atom stereocenters. The van der Waals surface area contributed by atoms with Crippen molar-refractivity contribution in [1.29, 1.82) is 0 Å². The minimum atomic E-state index is -0.267. The largest absolute Gasteiger partial charge is 0.345 e. The van der Waals surface area contributed by atoms with Gasteiger partial charge in [-0.1, -0.05) is 31.1 Å². The Morgan fingerprint density at radius 2 is 1.89 bits per heavy atom. The molecular formula is C16H18FNO.